The van der Waals surface area contributed by atoms with E-state index in [-0.39, 0.29) is 31.1 Å². The largest absolute Gasteiger partial charge is 0.462 e. The Bertz CT molecular complexity index is 1310. The van der Waals surface area contributed by atoms with Gasteiger partial charge in [-0.2, -0.15) is 0 Å². The second-order valence-corrected chi connectivity index (χ2v) is 19.9. The SMILES string of the molecule is CC/C=C\C/C=C\C/C=C\C/C=C\C/C=C\CCCCCCCCCC(=O)OCC(COC(=O)CCCCCCC/C=C\CCCCC)OC(=O)CCCCCCCCCCCCCCCCCCC. The van der Waals surface area contributed by atoms with Gasteiger partial charge in [0.1, 0.15) is 13.2 Å². The number of rotatable bonds is 54. The molecule has 1 unspecified atom stereocenters. The van der Waals surface area contributed by atoms with Gasteiger partial charge >= 0.3 is 17.9 Å². The first-order valence-corrected chi connectivity index (χ1v) is 29.9. The Morgan fingerprint density at radius 3 is 0.914 bits per heavy atom. The third-order valence-electron chi connectivity index (χ3n) is 12.9. The molecule has 0 rings (SSSR count). The molecule has 0 saturated carbocycles. The fraction of sp³-hybridized carbons (Fsp3) is 0.766. The molecular weight excluding hydrogens is 865 g/mol. The molecule has 0 aliphatic heterocycles. The minimum absolute atomic E-state index is 0.0808. The van der Waals surface area contributed by atoms with E-state index in [1.54, 1.807) is 0 Å². The Kier molecular flexibility index (Phi) is 55.8. The normalized spacial score (nSPS) is 12.6. The van der Waals surface area contributed by atoms with Crippen molar-refractivity contribution in [3.8, 4) is 0 Å². The molecule has 0 aromatic rings. The van der Waals surface area contributed by atoms with Crippen LogP contribution in [0.25, 0.3) is 0 Å². The summed E-state index contributed by atoms with van der Waals surface area (Å²) in [6.07, 6.45) is 74.7. The lowest BCUT2D eigenvalue weighted by molar-refractivity contribution is -0.167. The molecule has 0 aromatic heterocycles. The van der Waals surface area contributed by atoms with Crippen LogP contribution in [0.15, 0.2) is 72.9 Å². The Balaban J connectivity index is 4.33. The molecule has 0 aliphatic rings. The van der Waals surface area contributed by atoms with E-state index in [0.717, 1.165) is 103 Å². The predicted molar refractivity (Wildman–Crippen MR) is 302 cm³/mol. The van der Waals surface area contributed by atoms with E-state index in [9.17, 15) is 14.4 Å². The van der Waals surface area contributed by atoms with Crippen LogP contribution in [0.1, 0.15) is 297 Å². The number of esters is 3. The van der Waals surface area contributed by atoms with Gasteiger partial charge in [-0.1, -0.05) is 261 Å². The number of ether oxygens (including phenoxy) is 3. The molecule has 0 fully saturated rings. The average Bonchev–Trinajstić information content (AvgIpc) is 3.36. The highest BCUT2D eigenvalue weighted by atomic mass is 16.6. The van der Waals surface area contributed by atoms with Crippen LogP contribution in [0.5, 0.6) is 0 Å². The minimum atomic E-state index is -0.782. The standard InChI is InChI=1S/C64H112O6/c1-4-7-10-13-16-19-22-25-27-29-30-31-32-33-34-36-37-39-42-45-48-51-54-57-63(66)69-60-61(59-68-62(65)56-53-50-47-44-41-24-21-18-15-12-9-6-3)70-64(67)58-55-52-49-46-43-40-38-35-28-26-23-20-17-14-11-8-5-2/h7,10,16,18-19,21,25,27,30-31,33-34,61H,4-6,8-9,11-15,17,20,22-24,26,28-29,32,35-60H2,1-3H3/b10-7-,19-16-,21-18-,27-25-,31-30-,34-33-. The van der Waals surface area contributed by atoms with Crippen LogP contribution in [-0.4, -0.2) is 37.2 Å². The third-order valence-corrected chi connectivity index (χ3v) is 12.9. The second-order valence-electron chi connectivity index (χ2n) is 19.9. The van der Waals surface area contributed by atoms with Crippen molar-refractivity contribution in [3.63, 3.8) is 0 Å². The van der Waals surface area contributed by atoms with E-state index < -0.39 is 6.10 Å². The van der Waals surface area contributed by atoms with Crippen LogP contribution in [0.3, 0.4) is 0 Å². The molecule has 0 aliphatic carbocycles. The molecule has 0 aromatic carbocycles. The highest BCUT2D eigenvalue weighted by Gasteiger charge is 2.19. The zero-order valence-corrected chi connectivity index (χ0v) is 46.3. The maximum Gasteiger partial charge on any atom is 0.306 e. The Morgan fingerprint density at radius 1 is 0.300 bits per heavy atom. The van der Waals surface area contributed by atoms with E-state index in [1.165, 1.54) is 154 Å². The van der Waals surface area contributed by atoms with Gasteiger partial charge in [0.2, 0.25) is 0 Å². The van der Waals surface area contributed by atoms with Crippen LogP contribution < -0.4 is 0 Å². The summed E-state index contributed by atoms with van der Waals surface area (Å²) in [4.78, 5) is 38.2. The van der Waals surface area contributed by atoms with Crippen molar-refractivity contribution >= 4 is 17.9 Å². The minimum Gasteiger partial charge on any atom is -0.462 e. The predicted octanol–water partition coefficient (Wildman–Crippen LogP) is 20.2. The van der Waals surface area contributed by atoms with Crippen LogP contribution in [-0.2, 0) is 28.6 Å². The summed E-state index contributed by atoms with van der Waals surface area (Å²) in [7, 11) is 0. The maximum atomic E-state index is 12.9. The van der Waals surface area contributed by atoms with Gasteiger partial charge in [0.05, 0.1) is 0 Å². The number of carbonyl (C=O) groups is 3. The number of hydrogen-bond acceptors (Lipinski definition) is 6. The van der Waals surface area contributed by atoms with Crippen molar-refractivity contribution in [1.29, 1.82) is 0 Å². The highest BCUT2D eigenvalue weighted by molar-refractivity contribution is 5.71. The molecule has 0 bridgehead atoms. The van der Waals surface area contributed by atoms with Crippen LogP contribution >= 0.6 is 0 Å². The monoisotopic (exact) mass is 977 g/mol. The molecule has 0 radical (unpaired) electrons. The van der Waals surface area contributed by atoms with E-state index >= 15 is 0 Å². The molecule has 0 spiro atoms. The molecule has 0 heterocycles. The molecule has 1 atom stereocenters. The molecule has 0 saturated heterocycles. The first-order valence-electron chi connectivity index (χ1n) is 29.9. The quantitative estimate of drug-likeness (QED) is 0.0261. The van der Waals surface area contributed by atoms with E-state index in [1.807, 2.05) is 0 Å². The maximum absolute atomic E-state index is 12.9. The lowest BCUT2D eigenvalue weighted by Gasteiger charge is -2.18. The van der Waals surface area contributed by atoms with Crippen molar-refractivity contribution in [2.45, 2.75) is 303 Å². The van der Waals surface area contributed by atoms with Crippen LogP contribution in [0.4, 0.5) is 0 Å². The van der Waals surface area contributed by atoms with Gasteiger partial charge < -0.3 is 14.2 Å². The van der Waals surface area contributed by atoms with E-state index in [0.29, 0.717) is 19.3 Å². The first kappa shape index (κ1) is 66.9. The lowest BCUT2D eigenvalue weighted by Crippen LogP contribution is -2.30. The Morgan fingerprint density at radius 2 is 0.557 bits per heavy atom. The van der Waals surface area contributed by atoms with Crippen LogP contribution in [0.2, 0.25) is 0 Å². The summed E-state index contributed by atoms with van der Waals surface area (Å²) in [5, 5.41) is 0. The number of carbonyl (C=O) groups excluding carboxylic acids is 3. The molecule has 0 N–H and O–H groups in total. The average molecular weight is 978 g/mol. The summed E-state index contributed by atoms with van der Waals surface area (Å²) in [6, 6.07) is 0. The van der Waals surface area contributed by atoms with Gasteiger partial charge in [0.15, 0.2) is 6.10 Å². The van der Waals surface area contributed by atoms with Crippen molar-refractivity contribution in [3.05, 3.63) is 72.9 Å². The van der Waals surface area contributed by atoms with Crippen molar-refractivity contribution in [2.24, 2.45) is 0 Å². The molecule has 404 valence electrons. The van der Waals surface area contributed by atoms with E-state index in [2.05, 4.69) is 93.7 Å². The summed E-state index contributed by atoms with van der Waals surface area (Å²) in [5.41, 5.74) is 0. The Hall–Kier alpha value is -3.15. The number of allylic oxidation sites excluding steroid dienone is 12. The second kappa shape index (κ2) is 58.4. The Labute approximate surface area is 433 Å². The molecular formula is C64H112O6. The smallest absolute Gasteiger partial charge is 0.306 e. The van der Waals surface area contributed by atoms with Gasteiger partial charge in [0, 0.05) is 19.3 Å². The van der Waals surface area contributed by atoms with E-state index in [4.69, 9.17) is 14.2 Å². The van der Waals surface area contributed by atoms with Crippen LogP contribution in [0, 0.1) is 0 Å². The van der Waals surface area contributed by atoms with Gasteiger partial charge in [-0.15, -0.1) is 0 Å². The molecule has 6 nitrogen and oxygen atoms in total. The molecule has 0 amide bonds. The summed E-state index contributed by atoms with van der Waals surface area (Å²) < 4.78 is 16.9. The highest BCUT2D eigenvalue weighted by Crippen LogP contribution is 2.16. The zero-order valence-electron chi connectivity index (χ0n) is 46.3. The fourth-order valence-corrected chi connectivity index (χ4v) is 8.47. The topological polar surface area (TPSA) is 78.9 Å². The lowest BCUT2D eigenvalue weighted by atomic mass is 10.0. The first-order chi connectivity index (χ1) is 34.5. The fourth-order valence-electron chi connectivity index (χ4n) is 8.47. The zero-order chi connectivity index (χ0) is 50.7. The van der Waals surface area contributed by atoms with Gasteiger partial charge in [-0.25, -0.2) is 0 Å². The van der Waals surface area contributed by atoms with Crippen molar-refractivity contribution in [2.75, 3.05) is 13.2 Å². The molecule has 70 heavy (non-hydrogen) atoms. The summed E-state index contributed by atoms with van der Waals surface area (Å²) >= 11 is 0. The number of unbranched alkanes of at least 4 members (excludes halogenated alkanes) is 31. The van der Waals surface area contributed by atoms with Gasteiger partial charge in [-0.05, 0) is 89.9 Å². The third kappa shape index (κ3) is 55.8. The van der Waals surface area contributed by atoms with Gasteiger partial charge in [-0.3, -0.25) is 14.4 Å². The van der Waals surface area contributed by atoms with Crippen molar-refractivity contribution < 1.29 is 28.6 Å². The number of hydrogen-bond donors (Lipinski definition) is 0. The van der Waals surface area contributed by atoms with Crippen molar-refractivity contribution in [1.82, 2.24) is 0 Å². The van der Waals surface area contributed by atoms with Gasteiger partial charge in [0.25, 0.3) is 0 Å². The molecule has 6 heteroatoms. The summed E-state index contributed by atoms with van der Waals surface area (Å²) in [5.74, 6) is -0.888. The summed E-state index contributed by atoms with van der Waals surface area (Å²) in [6.45, 7) is 6.52.